The summed E-state index contributed by atoms with van der Waals surface area (Å²) in [7, 11) is 0. The number of amides is 5. The van der Waals surface area contributed by atoms with Gasteiger partial charge in [-0.3, -0.25) is 48.7 Å². The van der Waals surface area contributed by atoms with E-state index in [2.05, 4.69) is 35.7 Å². The normalized spacial score (nSPS) is 18.4. The highest BCUT2D eigenvalue weighted by atomic mass is 16.5. The Bertz CT molecular complexity index is 2470. The number of piperazine rings is 1. The number of unbranched alkanes of at least 4 members (excludes halogenated alkanes) is 1. The van der Waals surface area contributed by atoms with Crippen molar-refractivity contribution in [1.29, 1.82) is 0 Å². The van der Waals surface area contributed by atoms with Gasteiger partial charge in [-0.1, -0.05) is 18.9 Å². The molecule has 0 bridgehead atoms. The number of pyridine rings is 3. The molecule has 0 radical (unpaired) electrons. The fourth-order valence-corrected chi connectivity index (χ4v) is 8.96. The molecular formula is C44H49N9O8. The summed E-state index contributed by atoms with van der Waals surface area (Å²) in [5.41, 5.74) is 2.55. The molecule has 1 saturated carbocycles. The number of aromatic nitrogens is 3. The molecule has 0 spiro atoms. The van der Waals surface area contributed by atoms with Crippen LogP contribution in [0, 0.1) is 6.92 Å². The lowest BCUT2D eigenvalue weighted by Gasteiger charge is -2.36. The highest BCUT2D eigenvalue weighted by Crippen LogP contribution is 2.35. The number of imide groups is 2. The van der Waals surface area contributed by atoms with Gasteiger partial charge in [-0.25, -0.2) is 9.97 Å². The molecule has 1 aliphatic carbocycles. The molecule has 1 unspecified atom stereocenters. The molecule has 6 heterocycles. The van der Waals surface area contributed by atoms with Crippen LogP contribution >= 0.6 is 0 Å². The monoisotopic (exact) mass is 831 g/mol. The van der Waals surface area contributed by atoms with E-state index < -0.39 is 29.7 Å². The highest BCUT2D eigenvalue weighted by Gasteiger charge is 2.46. The summed E-state index contributed by atoms with van der Waals surface area (Å²) in [5, 5.41) is 9.13. The Labute approximate surface area is 351 Å². The Morgan fingerprint density at radius 2 is 1.67 bits per heavy atom. The summed E-state index contributed by atoms with van der Waals surface area (Å²) < 4.78 is 7.49. The van der Waals surface area contributed by atoms with Gasteiger partial charge in [0.25, 0.3) is 23.3 Å². The zero-order valence-electron chi connectivity index (χ0n) is 34.3. The van der Waals surface area contributed by atoms with Gasteiger partial charge in [0.1, 0.15) is 23.4 Å². The third-order valence-corrected chi connectivity index (χ3v) is 12.1. The first-order chi connectivity index (χ1) is 29.5. The lowest BCUT2D eigenvalue weighted by Crippen LogP contribution is -2.54. The van der Waals surface area contributed by atoms with Gasteiger partial charge in [-0.05, 0) is 82.3 Å². The minimum absolute atomic E-state index is 0.000262. The lowest BCUT2D eigenvalue weighted by molar-refractivity contribution is -0.136. The van der Waals surface area contributed by atoms with Crippen LogP contribution in [0.5, 0.6) is 5.75 Å². The summed E-state index contributed by atoms with van der Waals surface area (Å²) in [4.78, 5) is 104. The lowest BCUT2D eigenvalue weighted by atomic mass is 10.0. The number of nitrogens with zero attached hydrogens (tertiary/aromatic N) is 6. The molecule has 3 aromatic heterocycles. The Morgan fingerprint density at radius 1 is 0.902 bits per heavy atom. The molecule has 1 aromatic carbocycles. The average molecular weight is 832 g/mol. The van der Waals surface area contributed by atoms with Gasteiger partial charge in [-0.15, -0.1) is 0 Å². The smallest absolute Gasteiger partial charge is 0.266 e. The number of nitrogens with one attached hydrogen (secondary N) is 3. The van der Waals surface area contributed by atoms with E-state index in [-0.39, 0.29) is 65.2 Å². The van der Waals surface area contributed by atoms with Crippen molar-refractivity contribution in [2.75, 3.05) is 56.1 Å². The van der Waals surface area contributed by atoms with Gasteiger partial charge in [0.15, 0.2) is 12.4 Å². The number of Topliss-reactive ketones (excluding diaryl/α,β-unsaturated/α-hetero) is 1. The molecule has 3 N–H and O–H groups in total. The third kappa shape index (κ3) is 8.46. The van der Waals surface area contributed by atoms with Crippen LogP contribution in [-0.4, -0.2) is 112 Å². The predicted molar refractivity (Wildman–Crippen MR) is 225 cm³/mol. The second-order valence-electron chi connectivity index (χ2n) is 16.1. The molecule has 8 rings (SSSR count). The van der Waals surface area contributed by atoms with Crippen LogP contribution in [0.15, 0.2) is 53.6 Å². The van der Waals surface area contributed by atoms with Crippen molar-refractivity contribution < 1.29 is 33.5 Å². The maximum atomic E-state index is 13.6. The molecule has 3 fully saturated rings. The average Bonchev–Trinajstić information content (AvgIpc) is 3.86. The van der Waals surface area contributed by atoms with Crippen LogP contribution in [0.1, 0.15) is 101 Å². The number of aryl methyl sites for hydroxylation is 1. The standard InChI is InChI=1S/C44H49N9O8/c1-26-31-24-47-36(22-33(31)52(28-8-3-4-9-28)43(59)39(26)27(2)54)48-35-14-12-29(23-46-35)51-20-18-50(19-21-51)17-6-5-16-45-38(56)25-61-34-11-7-10-30-40(34)44(60)53(42(30)58)32-13-15-37(55)49-41(32)57/h7,10-12,14,22-24,28,32H,3-6,8-9,13,15-21,25H2,1-2H3,(H,45,56)(H,46,47,48)(H,49,55,57). The fraction of sp³-hybridized carbons (Fsp3) is 0.432. The van der Waals surface area contributed by atoms with Gasteiger partial charge in [-0.2, -0.15) is 0 Å². The molecule has 4 aromatic rings. The van der Waals surface area contributed by atoms with Gasteiger partial charge in [0.2, 0.25) is 11.8 Å². The Morgan fingerprint density at radius 3 is 2.39 bits per heavy atom. The molecule has 61 heavy (non-hydrogen) atoms. The second kappa shape index (κ2) is 17.6. The van der Waals surface area contributed by atoms with Crippen molar-refractivity contribution in [3.8, 4) is 5.75 Å². The van der Waals surface area contributed by atoms with Crippen molar-refractivity contribution in [2.24, 2.45) is 0 Å². The highest BCUT2D eigenvalue weighted by molar-refractivity contribution is 6.24. The van der Waals surface area contributed by atoms with E-state index in [0.29, 0.717) is 23.7 Å². The zero-order valence-corrected chi connectivity index (χ0v) is 34.3. The van der Waals surface area contributed by atoms with Crippen molar-refractivity contribution >= 4 is 63.5 Å². The fourth-order valence-electron chi connectivity index (χ4n) is 8.96. The van der Waals surface area contributed by atoms with E-state index in [1.165, 1.54) is 19.1 Å². The van der Waals surface area contributed by atoms with Gasteiger partial charge in [0, 0.05) is 62.8 Å². The maximum Gasteiger partial charge on any atom is 0.266 e. The van der Waals surface area contributed by atoms with Crippen molar-refractivity contribution in [2.45, 2.75) is 77.3 Å². The van der Waals surface area contributed by atoms with E-state index in [1.807, 2.05) is 35.9 Å². The summed E-state index contributed by atoms with van der Waals surface area (Å²) >= 11 is 0. The maximum absolute atomic E-state index is 13.6. The predicted octanol–water partition coefficient (Wildman–Crippen LogP) is 3.66. The quantitative estimate of drug-likeness (QED) is 0.0945. The molecule has 3 aliphatic heterocycles. The molecule has 4 aliphatic rings. The van der Waals surface area contributed by atoms with Gasteiger partial charge in [0.05, 0.1) is 34.1 Å². The Kier molecular flexibility index (Phi) is 11.9. The Balaban J connectivity index is 0.768. The topological polar surface area (TPSA) is 205 Å². The molecule has 318 valence electrons. The van der Waals surface area contributed by atoms with Gasteiger partial charge < -0.3 is 24.8 Å². The minimum Gasteiger partial charge on any atom is -0.483 e. The van der Waals surface area contributed by atoms with Crippen molar-refractivity contribution in [3.05, 3.63) is 81.4 Å². The molecule has 1 atom stereocenters. The number of fused-ring (bicyclic) bond motifs is 2. The summed E-state index contributed by atoms with van der Waals surface area (Å²) in [5.74, 6) is -1.79. The molecule has 2 saturated heterocycles. The Hall–Kier alpha value is -6.49. The van der Waals surface area contributed by atoms with E-state index >= 15 is 0 Å². The SMILES string of the molecule is CC(=O)c1c(C)c2cnc(Nc3ccc(N4CCN(CCCCNC(=O)COc5cccc6c5C(=O)N(C5CCC(=O)NC5=O)C6=O)CC4)cn3)cc2n(C2CCCC2)c1=O. The van der Waals surface area contributed by atoms with E-state index in [9.17, 15) is 33.6 Å². The molecule has 17 nitrogen and oxygen atoms in total. The van der Waals surface area contributed by atoms with Crippen molar-refractivity contribution in [3.63, 3.8) is 0 Å². The summed E-state index contributed by atoms with van der Waals surface area (Å²) in [6.07, 6.45) is 9.23. The number of benzene rings is 1. The van der Waals surface area contributed by atoms with Crippen LogP contribution < -0.4 is 31.1 Å². The number of ether oxygens (including phenoxy) is 1. The third-order valence-electron chi connectivity index (χ3n) is 12.1. The summed E-state index contributed by atoms with van der Waals surface area (Å²) in [6.45, 7) is 7.72. The van der Waals surface area contributed by atoms with Crippen LogP contribution in [0.4, 0.5) is 17.3 Å². The first kappa shape index (κ1) is 41.3. The molecule has 17 heteroatoms. The zero-order chi connectivity index (χ0) is 42.8. The largest absolute Gasteiger partial charge is 0.483 e. The number of ketones is 1. The summed E-state index contributed by atoms with van der Waals surface area (Å²) in [6, 6.07) is 9.33. The van der Waals surface area contributed by atoms with E-state index in [0.717, 1.165) is 92.7 Å². The number of carbonyl (C=O) groups excluding carboxylic acids is 6. The van der Waals surface area contributed by atoms with Crippen molar-refractivity contribution in [1.82, 2.24) is 35.0 Å². The number of anilines is 3. The molecule has 5 amide bonds. The van der Waals surface area contributed by atoms with E-state index in [1.54, 1.807) is 12.3 Å². The van der Waals surface area contributed by atoms with Gasteiger partial charge >= 0.3 is 0 Å². The molecular weight excluding hydrogens is 783 g/mol. The number of piperidine rings is 1. The van der Waals surface area contributed by atoms with Crippen LogP contribution in [0.3, 0.4) is 0 Å². The number of hydrogen-bond acceptors (Lipinski definition) is 13. The van der Waals surface area contributed by atoms with Crippen LogP contribution in [0.25, 0.3) is 10.9 Å². The van der Waals surface area contributed by atoms with Crippen LogP contribution in [-0.2, 0) is 14.4 Å². The minimum atomic E-state index is -1.09. The first-order valence-corrected chi connectivity index (χ1v) is 21.0. The number of rotatable bonds is 14. The number of carbonyl (C=O) groups is 6. The van der Waals surface area contributed by atoms with E-state index in [4.69, 9.17) is 4.74 Å². The van der Waals surface area contributed by atoms with Crippen LogP contribution in [0.2, 0.25) is 0 Å². The number of hydrogen-bond donors (Lipinski definition) is 3. The first-order valence-electron chi connectivity index (χ1n) is 21.0. The second-order valence-corrected chi connectivity index (χ2v) is 16.1.